The average molecular weight is 251 g/mol. The zero-order chi connectivity index (χ0) is 13.0. The van der Waals surface area contributed by atoms with Crippen molar-refractivity contribution in [2.75, 3.05) is 6.61 Å². The molecule has 1 fully saturated rings. The molecule has 0 bridgehead atoms. The molecule has 1 saturated heterocycles. The molecule has 0 aromatic heterocycles. The van der Waals surface area contributed by atoms with E-state index < -0.39 is 12.2 Å². The van der Waals surface area contributed by atoms with E-state index in [-0.39, 0.29) is 11.3 Å². The predicted molar refractivity (Wildman–Crippen MR) is 65.0 cm³/mol. The highest BCUT2D eigenvalue weighted by Gasteiger charge is 2.17. The number of amides is 1. The molecule has 2 rings (SSSR count). The summed E-state index contributed by atoms with van der Waals surface area (Å²) in [7, 11) is 0. The SMILES string of the molecule is Cc1ccc(C(=O)NOC2CCCCO2)c(O)c1. The summed E-state index contributed by atoms with van der Waals surface area (Å²) >= 11 is 0. The monoisotopic (exact) mass is 251 g/mol. The Balaban J connectivity index is 1.90. The van der Waals surface area contributed by atoms with E-state index in [0.717, 1.165) is 24.8 Å². The number of carbonyl (C=O) groups is 1. The van der Waals surface area contributed by atoms with Crippen LogP contribution >= 0.6 is 0 Å². The van der Waals surface area contributed by atoms with E-state index >= 15 is 0 Å². The summed E-state index contributed by atoms with van der Waals surface area (Å²) in [5.74, 6) is -0.526. The second-order valence-corrected chi connectivity index (χ2v) is 4.37. The summed E-state index contributed by atoms with van der Waals surface area (Å²) in [6.45, 7) is 2.49. The van der Waals surface area contributed by atoms with E-state index in [1.165, 1.54) is 6.07 Å². The summed E-state index contributed by atoms with van der Waals surface area (Å²) < 4.78 is 5.31. The van der Waals surface area contributed by atoms with Crippen molar-refractivity contribution in [1.82, 2.24) is 5.48 Å². The lowest BCUT2D eigenvalue weighted by molar-refractivity contribution is -0.186. The van der Waals surface area contributed by atoms with Gasteiger partial charge >= 0.3 is 0 Å². The fourth-order valence-electron chi connectivity index (χ4n) is 1.81. The Morgan fingerprint density at radius 3 is 3.00 bits per heavy atom. The van der Waals surface area contributed by atoms with Crippen LogP contribution in [0.2, 0.25) is 0 Å². The highest BCUT2D eigenvalue weighted by Crippen LogP contribution is 2.18. The number of hydroxylamine groups is 1. The fraction of sp³-hybridized carbons (Fsp3) is 0.462. The molecule has 1 aromatic rings. The molecule has 1 atom stereocenters. The van der Waals surface area contributed by atoms with Gasteiger partial charge in [-0.05, 0) is 37.5 Å². The van der Waals surface area contributed by atoms with Gasteiger partial charge in [0.25, 0.3) is 5.91 Å². The number of phenols is 1. The molecule has 18 heavy (non-hydrogen) atoms. The Bertz CT molecular complexity index is 427. The first-order chi connectivity index (χ1) is 8.66. The Labute approximate surface area is 106 Å². The number of ether oxygens (including phenoxy) is 1. The zero-order valence-corrected chi connectivity index (χ0v) is 10.3. The molecule has 0 saturated carbocycles. The van der Waals surface area contributed by atoms with Crippen molar-refractivity contribution in [3.8, 4) is 5.75 Å². The van der Waals surface area contributed by atoms with Crippen LogP contribution in [0.3, 0.4) is 0 Å². The first-order valence-electron chi connectivity index (χ1n) is 6.04. The maximum absolute atomic E-state index is 11.8. The molecular formula is C13H17NO4. The van der Waals surface area contributed by atoms with Gasteiger partial charge in [0.2, 0.25) is 0 Å². The number of carbonyl (C=O) groups excluding carboxylic acids is 1. The van der Waals surface area contributed by atoms with Crippen LogP contribution in [-0.4, -0.2) is 23.9 Å². The van der Waals surface area contributed by atoms with Gasteiger partial charge in [-0.15, -0.1) is 0 Å². The van der Waals surface area contributed by atoms with Gasteiger partial charge in [-0.2, -0.15) is 0 Å². The van der Waals surface area contributed by atoms with E-state index in [9.17, 15) is 9.90 Å². The number of hydrogen-bond acceptors (Lipinski definition) is 4. The highest BCUT2D eigenvalue weighted by molar-refractivity contribution is 5.96. The summed E-state index contributed by atoms with van der Waals surface area (Å²) in [6.07, 6.45) is 2.42. The number of nitrogens with one attached hydrogen (secondary N) is 1. The maximum atomic E-state index is 11.8. The lowest BCUT2D eigenvalue weighted by Crippen LogP contribution is -2.33. The third-order valence-electron chi connectivity index (χ3n) is 2.82. The molecule has 1 aromatic carbocycles. The van der Waals surface area contributed by atoms with Crippen LogP contribution < -0.4 is 5.48 Å². The number of hydrogen-bond donors (Lipinski definition) is 2. The van der Waals surface area contributed by atoms with Gasteiger partial charge in [-0.3, -0.25) is 4.79 Å². The van der Waals surface area contributed by atoms with Crippen LogP contribution in [0.25, 0.3) is 0 Å². The quantitative estimate of drug-likeness (QED) is 0.805. The Hall–Kier alpha value is -1.59. The van der Waals surface area contributed by atoms with Gasteiger partial charge in [-0.25, -0.2) is 10.3 Å². The molecule has 1 unspecified atom stereocenters. The van der Waals surface area contributed by atoms with Crippen molar-refractivity contribution in [2.45, 2.75) is 32.5 Å². The van der Waals surface area contributed by atoms with Gasteiger partial charge in [-0.1, -0.05) is 6.07 Å². The van der Waals surface area contributed by atoms with Gasteiger partial charge in [0.1, 0.15) is 5.75 Å². The van der Waals surface area contributed by atoms with Gasteiger partial charge in [0, 0.05) is 13.0 Å². The third-order valence-corrected chi connectivity index (χ3v) is 2.82. The van der Waals surface area contributed by atoms with Crippen LogP contribution in [0.15, 0.2) is 18.2 Å². The smallest absolute Gasteiger partial charge is 0.278 e. The predicted octanol–water partition coefficient (Wildman–Crippen LogP) is 1.89. The van der Waals surface area contributed by atoms with Crippen LogP contribution in [-0.2, 0) is 9.57 Å². The number of rotatable bonds is 3. The Morgan fingerprint density at radius 2 is 2.33 bits per heavy atom. The number of benzene rings is 1. The molecule has 1 amide bonds. The molecule has 0 aliphatic carbocycles. The van der Waals surface area contributed by atoms with Gasteiger partial charge in [0.15, 0.2) is 6.29 Å². The first-order valence-corrected chi connectivity index (χ1v) is 6.04. The van der Waals surface area contributed by atoms with E-state index in [1.54, 1.807) is 12.1 Å². The number of phenolic OH excluding ortho intramolecular Hbond substituents is 1. The maximum Gasteiger partial charge on any atom is 0.278 e. The van der Waals surface area contributed by atoms with Crippen LogP contribution in [0.1, 0.15) is 35.2 Å². The largest absolute Gasteiger partial charge is 0.507 e. The van der Waals surface area contributed by atoms with E-state index in [2.05, 4.69) is 5.48 Å². The van der Waals surface area contributed by atoms with Crippen LogP contribution in [0.4, 0.5) is 0 Å². The van der Waals surface area contributed by atoms with Crippen molar-refractivity contribution in [2.24, 2.45) is 0 Å². The van der Waals surface area contributed by atoms with Crippen molar-refractivity contribution in [1.29, 1.82) is 0 Å². The second kappa shape index (κ2) is 5.84. The van der Waals surface area contributed by atoms with Gasteiger partial charge in [0.05, 0.1) is 5.56 Å². The topological polar surface area (TPSA) is 67.8 Å². The lowest BCUT2D eigenvalue weighted by Gasteiger charge is -2.22. The van der Waals surface area contributed by atoms with E-state index in [4.69, 9.17) is 9.57 Å². The second-order valence-electron chi connectivity index (χ2n) is 4.37. The average Bonchev–Trinajstić information content (AvgIpc) is 2.37. The zero-order valence-electron chi connectivity index (χ0n) is 10.3. The minimum absolute atomic E-state index is 0.0549. The summed E-state index contributed by atoms with van der Waals surface area (Å²) in [4.78, 5) is 16.9. The molecule has 5 heteroatoms. The highest BCUT2D eigenvalue weighted by atomic mass is 16.8. The van der Waals surface area contributed by atoms with E-state index in [0.29, 0.717) is 6.61 Å². The molecule has 1 heterocycles. The molecule has 98 valence electrons. The summed E-state index contributed by atoms with van der Waals surface area (Å²) in [5, 5.41) is 9.65. The number of aryl methyl sites for hydroxylation is 1. The van der Waals surface area contributed by atoms with Crippen molar-refractivity contribution >= 4 is 5.91 Å². The standard InChI is InChI=1S/C13H17NO4/c1-9-5-6-10(11(15)8-9)13(16)14-18-12-4-2-3-7-17-12/h5-6,8,12,15H,2-4,7H2,1H3,(H,14,16). The van der Waals surface area contributed by atoms with E-state index in [1.807, 2.05) is 6.92 Å². The minimum Gasteiger partial charge on any atom is -0.507 e. The van der Waals surface area contributed by atoms with Crippen LogP contribution in [0, 0.1) is 6.92 Å². The minimum atomic E-state index is -0.471. The molecule has 2 N–H and O–H groups in total. The Kier molecular flexibility index (Phi) is 4.17. The molecular weight excluding hydrogens is 234 g/mol. The number of aromatic hydroxyl groups is 1. The van der Waals surface area contributed by atoms with Crippen molar-refractivity contribution < 1.29 is 19.5 Å². The Morgan fingerprint density at radius 1 is 1.50 bits per heavy atom. The molecule has 0 spiro atoms. The molecule has 1 aliphatic rings. The summed E-state index contributed by atoms with van der Waals surface area (Å²) in [5.41, 5.74) is 3.39. The van der Waals surface area contributed by atoms with Crippen molar-refractivity contribution in [3.05, 3.63) is 29.3 Å². The van der Waals surface area contributed by atoms with Crippen molar-refractivity contribution in [3.63, 3.8) is 0 Å². The summed E-state index contributed by atoms with van der Waals surface area (Å²) in [6, 6.07) is 4.85. The molecule has 1 aliphatic heterocycles. The normalized spacial score (nSPS) is 19.5. The lowest BCUT2D eigenvalue weighted by atomic mass is 10.1. The first kappa shape index (κ1) is 12.9. The molecule has 0 radical (unpaired) electrons. The third kappa shape index (κ3) is 3.21. The molecule has 5 nitrogen and oxygen atoms in total. The van der Waals surface area contributed by atoms with Gasteiger partial charge < -0.3 is 9.84 Å². The van der Waals surface area contributed by atoms with Crippen LogP contribution in [0.5, 0.6) is 5.75 Å². The fourth-order valence-corrected chi connectivity index (χ4v) is 1.81.